The minimum atomic E-state index is -0.297. The molecule has 0 aliphatic carbocycles. The molecule has 2 rings (SSSR count). The number of aldehydes is 1. The largest absolute Gasteiger partial charge is 0.324 e. The first-order valence-electron chi connectivity index (χ1n) is 9.24. The van der Waals surface area contributed by atoms with Gasteiger partial charge in [-0.2, -0.15) is 0 Å². The molecular weight excluding hydrogens is 332 g/mol. The predicted molar refractivity (Wildman–Crippen MR) is 104 cm³/mol. The van der Waals surface area contributed by atoms with E-state index in [4.69, 9.17) is 0 Å². The van der Waals surface area contributed by atoms with E-state index in [1.165, 1.54) is 24.2 Å². The summed E-state index contributed by atoms with van der Waals surface area (Å²) in [6.07, 6.45) is 6.20. The number of carbonyl (C=O) groups excluding carboxylic acids is 2. The molecule has 1 aliphatic heterocycles. The number of nitrogens with zero attached hydrogens (tertiary/aromatic N) is 2. The molecule has 0 bridgehead atoms. The molecule has 25 heavy (non-hydrogen) atoms. The molecule has 0 N–H and O–H groups in total. The van der Waals surface area contributed by atoms with Crippen molar-refractivity contribution >= 4 is 24.0 Å². The summed E-state index contributed by atoms with van der Waals surface area (Å²) in [6, 6.07) is 5.67. The summed E-state index contributed by atoms with van der Waals surface area (Å²) >= 11 is 1.84. The third kappa shape index (κ3) is 5.32. The van der Waals surface area contributed by atoms with Crippen molar-refractivity contribution < 1.29 is 9.59 Å². The molecule has 5 heteroatoms. The van der Waals surface area contributed by atoms with E-state index >= 15 is 0 Å². The van der Waals surface area contributed by atoms with Gasteiger partial charge in [-0.05, 0) is 63.4 Å². The van der Waals surface area contributed by atoms with Crippen LogP contribution in [0.25, 0.3) is 0 Å². The SMILES string of the molecule is CCCC(C=O)N1Cc2c(SCCCCCN(C)C)cccc2C1=O. The second kappa shape index (κ2) is 9.97. The predicted octanol–water partition coefficient (Wildman–Crippen LogP) is 3.83. The van der Waals surface area contributed by atoms with E-state index < -0.39 is 0 Å². The summed E-state index contributed by atoms with van der Waals surface area (Å²) in [5, 5.41) is 0. The molecule has 0 spiro atoms. The molecule has 0 saturated heterocycles. The van der Waals surface area contributed by atoms with Gasteiger partial charge in [-0.15, -0.1) is 11.8 Å². The van der Waals surface area contributed by atoms with Gasteiger partial charge in [0.2, 0.25) is 0 Å². The van der Waals surface area contributed by atoms with Gasteiger partial charge in [0, 0.05) is 17.0 Å². The third-order valence-corrected chi connectivity index (χ3v) is 5.79. The van der Waals surface area contributed by atoms with Crippen LogP contribution in [0.4, 0.5) is 0 Å². The van der Waals surface area contributed by atoms with Gasteiger partial charge in [0.1, 0.15) is 6.29 Å². The molecule has 1 atom stereocenters. The van der Waals surface area contributed by atoms with Crippen molar-refractivity contribution in [3.63, 3.8) is 0 Å². The Bertz CT molecular complexity index is 589. The Balaban J connectivity index is 1.94. The van der Waals surface area contributed by atoms with Gasteiger partial charge in [0.15, 0.2) is 0 Å². The van der Waals surface area contributed by atoms with Crippen molar-refractivity contribution in [2.45, 2.75) is 56.5 Å². The van der Waals surface area contributed by atoms with E-state index in [0.717, 1.165) is 42.6 Å². The number of thioether (sulfide) groups is 1. The Kier molecular flexibility index (Phi) is 7.97. The Hall–Kier alpha value is -1.33. The summed E-state index contributed by atoms with van der Waals surface area (Å²) in [4.78, 5) is 29.2. The Morgan fingerprint density at radius 3 is 2.76 bits per heavy atom. The maximum atomic E-state index is 12.7. The topological polar surface area (TPSA) is 40.6 Å². The quantitative estimate of drug-likeness (QED) is 0.341. The summed E-state index contributed by atoms with van der Waals surface area (Å²) < 4.78 is 0. The first kappa shape index (κ1) is 20.0. The fraction of sp³-hybridized carbons (Fsp3) is 0.600. The number of carbonyl (C=O) groups is 2. The molecule has 4 nitrogen and oxygen atoms in total. The Labute approximate surface area is 156 Å². The van der Waals surface area contributed by atoms with Crippen LogP contribution < -0.4 is 0 Å². The summed E-state index contributed by atoms with van der Waals surface area (Å²) in [6.45, 7) is 3.75. The third-order valence-electron chi connectivity index (χ3n) is 4.60. The molecule has 0 fully saturated rings. The van der Waals surface area contributed by atoms with E-state index in [2.05, 4.69) is 25.1 Å². The van der Waals surface area contributed by atoms with Gasteiger partial charge in [0.05, 0.1) is 6.04 Å². The van der Waals surface area contributed by atoms with Crippen molar-refractivity contribution in [1.82, 2.24) is 9.80 Å². The van der Waals surface area contributed by atoms with E-state index in [1.54, 1.807) is 4.90 Å². The Morgan fingerprint density at radius 2 is 2.08 bits per heavy atom. The minimum absolute atomic E-state index is 0.00832. The highest BCUT2D eigenvalue weighted by molar-refractivity contribution is 7.99. The number of amides is 1. The lowest BCUT2D eigenvalue weighted by molar-refractivity contribution is -0.112. The second-order valence-electron chi connectivity index (χ2n) is 6.92. The summed E-state index contributed by atoms with van der Waals surface area (Å²) in [5.74, 6) is 1.08. The fourth-order valence-corrected chi connectivity index (χ4v) is 4.30. The second-order valence-corrected chi connectivity index (χ2v) is 8.06. The van der Waals surface area contributed by atoms with Crippen molar-refractivity contribution in [2.24, 2.45) is 0 Å². The molecule has 0 radical (unpaired) electrons. The molecule has 1 unspecified atom stereocenters. The zero-order chi connectivity index (χ0) is 18.2. The molecule has 1 heterocycles. The summed E-state index contributed by atoms with van der Waals surface area (Å²) in [5.41, 5.74) is 1.88. The number of hydrogen-bond acceptors (Lipinski definition) is 4. The molecule has 1 aliphatic rings. The van der Waals surface area contributed by atoms with E-state index in [9.17, 15) is 9.59 Å². The molecule has 138 valence electrons. The summed E-state index contributed by atoms with van der Waals surface area (Å²) in [7, 11) is 4.21. The van der Waals surface area contributed by atoms with Gasteiger partial charge in [-0.3, -0.25) is 4.79 Å². The van der Waals surface area contributed by atoms with Gasteiger partial charge in [-0.25, -0.2) is 0 Å². The molecular formula is C20H30N2O2S. The van der Waals surface area contributed by atoms with Crippen LogP contribution in [0.5, 0.6) is 0 Å². The van der Waals surface area contributed by atoms with E-state index in [-0.39, 0.29) is 11.9 Å². The van der Waals surface area contributed by atoms with Crippen LogP contribution in [-0.2, 0) is 11.3 Å². The van der Waals surface area contributed by atoms with Gasteiger partial charge < -0.3 is 14.6 Å². The van der Waals surface area contributed by atoms with Crippen molar-refractivity contribution in [3.8, 4) is 0 Å². The first-order chi connectivity index (χ1) is 12.1. The zero-order valence-corrected chi connectivity index (χ0v) is 16.5. The fourth-order valence-electron chi connectivity index (χ4n) is 3.21. The van der Waals surface area contributed by atoms with Crippen molar-refractivity contribution in [1.29, 1.82) is 0 Å². The highest BCUT2D eigenvalue weighted by Crippen LogP contribution is 2.33. The molecule has 1 aromatic rings. The average molecular weight is 363 g/mol. The molecule has 1 aromatic carbocycles. The number of rotatable bonds is 11. The average Bonchev–Trinajstić information content (AvgIpc) is 2.93. The minimum Gasteiger partial charge on any atom is -0.324 e. The standard InChI is InChI=1S/C20H30N2O2S/c1-4-9-16(15-23)22-14-18-17(20(22)24)10-8-11-19(18)25-13-7-5-6-12-21(2)3/h8,10-11,15-16H,4-7,9,12-14H2,1-3H3. The van der Waals surface area contributed by atoms with Gasteiger partial charge in [-0.1, -0.05) is 25.8 Å². The van der Waals surface area contributed by atoms with E-state index in [0.29, 0.717) is 6.54 Å². The number of unbranched alkanes of at least 4 members (excludes halogenated alkanes) is 2. The van der Waals surface area contributed by atoms with Crippen LogP contribution in [0, 0.1) is 0 Å². The van der Waals surface area contributed by atoms with Crippen LogP contribution in [0.1, 0.15) is 54.9 Å². The van der Waals surface area contributed by atoms with Gasteiger partial charge >= 0.3 is 0 Å². The van der Waals surface area contributed by atoms with Crippen LogP contribution in [0.15, 0.2) is 23.1 Å². The zero-order valence-electron chi connectivity index (χ0n) is 15.7. The lowest BCUT2D eigenvalue weighted by Crippen LogP contribution is -2.36. The Morgan fingerprint density at radius 1 is 1.28 bits per heavy atom. The molecule has 0 aromatic heterocycles. The lowest BCUT2D eigenvalue weighted by atomic mass is 10.1. The molecule has 0 saturated carbocycles. The maximum Gasteiger partial charge on any atom is 0.255 e. The lowest BCUT2D eigenvalue weighted by Gasteiger charge is -2.22. The van der Waals surface area contributed by atoms with Crippen molar-refractivity contribution in [2.75, 3.05) is 26.4 Å². The van der Waals surface area contributed by atoms with Crippen LogP contribution in [0.3, 0.4) is 0 Å². The number of hydrogen-bond donors (Lipinski definition) is 0. The van der Waals surface area contributed by atoms with Crippen LogP contribution >= 0.6 is 11.8 Å². The van der Waals surface area contributed by atoms with Crippen LogP contribution in [-0.4, -0.2) is 54.4 Å². The monoisotopic (exact) mass is 362 g/mol. The van der Waals surface area contributed by atoms with Gasteiger partial charge in [0.25, 0.3) is 5.91 Å². The highest BCUT2D eigenvalue weighted by atomic mass is 32.2. The normalized spacial score (nSPS) is 14.9. The van der Waals surface area contributed by atoms with E-state index in [1.807, 2.05) is 30.8 Å². The molecule has 1 amide bonds. The van der Waals surface area contributed by atoms with Crippen LogP contribution in [0.2, 0.25) is 0 Å². The maximum absolute atomic E-state index is 12.7. The number of fused-ring (bicyclic) bond motifs is 1. The first-order valence-corrected chi connectivity index (χ1v) is 10.2. The van der Waals surface area contributed by atoms with Crippen molar-refractivity contribution in [3.05, 3.63) is 29.3 Å². The smallest absolute Gasteiger partial charge is 0.255 e. The number of benzene rings is 1. The highest BCUT2D eigenvalue weighted by Gasteiger charge is 2.33.